The van der Waals surface area contributed by atoms with Crippen molar-refractivity contribution in [1.29, 1.82) is 0 Å². The minimum atomic E-state index is -3.62. The van der Waals surface area contributed by atoms with Crippen LogP contribution < -0.4 is 4.74 Å². The molecule has 1 aromatic rings. The van der Waals surface area contributed by atoms with Gasteiger partial charge in [-0.1, -0.05) is 36.7 Å². The lowest BCUT2D eigenvalue weighted by Crippen LogP contribution is -2.14. The summed E-state index contributed by atoms with van der Waals surface area (Å²) in [5, 5.41) is 0. The lowest BCUT2D eigenvalue weighted by atomic mass is 9.85. The van der Waals surface area contributed by atoms with E-state index in [1.165, 1.54) is 7.11 Å². The average molecular weight is 356 g/mol. The molecule has 0 amide bonds. The largest absolute Gasteiger partial charge is 0.496 e. The Morgan fingerprint density at radius 3 is 2.28 bits per heavy atom. The van der Waals surface area contributed by atoms with Gasteiger partial charge in [0.05, 0.1) is 12.9 Å². The third-order valence-corrected chi connectivity index (χ3v) is 3.91. The molecule has 6 heteroatoms. The van der Waals surface area contributed by atoms with E-state index in [0.717, 1.165) is 10.0 Å². The van der Waals surface area contributed by atoms with Crippen LogP contribution >= 0.6 is 26.6 Å². The molecule has 0 saturated carbocycles. The number of ether oxygens (including phenoxy) is 1. The van der Waals surface area contributed by atoms with Gasteiger partial charge in [-0.15, -0.1) is 0 Å². The van der Waals surface area contributed by atoms with Gasteiger partial charge >= 0.3 is 0 Å². The highest BCUT2D eigenvalue weighted by molar-refractivity contribution is 9.10. The molecule has 0 radical (unpaired) electrons. The van der Waals surface area contributed by atoms with Gasteiger partial charge in [0.25, 0.3) is 0 Å². The molecule has 0 saturated heterocycles. The zero-order chi connectivity index (χ0) is 14.1. The van der Waals surface area contributed by atoms with E-state index in [4.69, 9.17) is 15.4 Å². The molecule has 0 aliphatic carbocycles. The Morgan fingerprint density at radius 1 is 1.33 bits per heavy atom. The highest BCUT2D eigenvalue weighted by atomic mass is 79.9. The number of rotatable bonds is 3. The average Bonchev–Trinajstić information content (AvgIpc) is 2.12. The minimum Gasteiger partial charge on any atom is -0.496 e. The fourth-order valence-corrected chi connectivity index (χ4v) is 3.18. The first kappa shape index (κ1) is 15.8. The Hall–Kier alpha value is -0.260. The van der Waals surface area contributed by atoms with Gasteiger partial charge in [-0.2, -0.15) is 0 Å². The van der Waals surface area contributed by atoms with E-state index in [1.54, 1.807) is 6.07 Å². The third kappa shape index (κ3) is 4.14. The summed E-state index contributed by atoms with van der Waals surface area (Å²) in [6, 6.07) is 3.65. The summed E-state index contributed by atoms with van der Waals surface area (Å²) in [6.45, 7) is 6.11. The summed E-state index contributed by atoms with van der Waals surface area (Å²) in [7, 11) is 3.23. The van der Waals surface area contributed by atoms with Crippen LogP contribution in [0.15, 0.2) is 16.6 Å². The van der Waals surface area contributed by atoms with Gasteiger partial charge in [-0.05, 0) is 17.5 Å². The zero-order valence-corrected chi connectivity index (χ0v) is 13.9. The quantitative estimate of drug-likeness (QED) is 0.774. The summed E-state index contributed by atoms with van der Waals surface area (Å²) in [5.74, 6) is 0.329. The van der Waals surface area contributed by atoms with Crippen LogP contribution in [0.5, 0.6) is 5.75 Å². The predicted molar refractivity (Wildman–Crippen MR) is 77.9 cm³/mol. The number of halogens is 2. The lowest BCUT2D eigenvalue weighted by Gasteiger charge is -2.24. The Bertz CT molecular complexity index is 547. The van der Waals surface area contributed by atoms with E-state index in [-0.39, 0.29) is 11.2 Å². The molecule has 3 nitrogen and oxygen atoms in total. The van der Waals surface area contributed by atoms with Gasteiger partial charge in [-0.25, -0.2) is 8.42 Å². The first-order valence-corrected chi connectivity index (χ1v) is 8.61. The van der Waals surface area contributed by atoms with Crippen molar-refractivity contribution in [2.45, 2.75) is 31.9 Å². The summed E-state index contributed by atoms with van der Waals surface area (Å²) in [6.07, 6.45) is 0. The molecule has 0 bridgehead atoms. The first-order chi connectivity index (χ1) is 8.04. The van der Waals surface area contributed by atoms with Crippen LogP contribution in [0.3, 0.4) is 0 Å². The zero-order valence-electron chi connectivity index (χ0n) is 10.8. The molecule has 0 unspecified atom stereocenters. The van der Waals surface area contributed by atoms with Gasteiger partial charge in [0.15, 0.2) is 0 Å². The van der Waals surface area contributed by atoms with Crippen LogP contribution in [0.4, 0.5) is 0 Å². The molecule has 0 spiro atoms. The van der Waals surface area contributed by atoms with E-state index in [0.29, 0.717) is 11.3 Å². The van der Waals surface area contributed by atoms with E-state index < -0.39 is 9.05 Å². The molecule has 18 heavy (non-hydrogen) atoms. The van der Waals surface area contributed by atoms with Gasteiger partial charge in [-0.3, -0.25) is 0 Å². The Balaban J connectivity index is 3.48. The second-order valence-electron chi connectivity index (χ2n) is 5.08. The van der Waals surface area contributed by atoms with Crippen molar-refractivity contribution in [1.82, 2.24) is 0 Å². The van der Waals surface area contributed by atoms with Gasteiger partial charge in [0.2, 0.25) is 9.05 Å². The van der Waals surface area contributed by atoms with Crippen molar-refractivity contribution in [2.24, 2.45) is 0 Å². The van der Waals surface area contributed by atoms with Gasteiger partial charge in [0.1, 0.15) is 5.75 Å². The summed E-state index contributed by atoms with van der Waals surface area (Å²) >= 11 is 3.38. The molecule has 0 heterocycles. The maximum atomic E-state index is 11.2. The van der Waals surface area contributed by atoms with Crippen LogP contribution in [0, 0.1) is 0 Å². The first-order valence-electron chi connectivity index (χ1n) is 5.34. The molecular weight excluding hydrogens is 340 g/mol. The Labute approximate surface area is 121 Å². The van der Waals surface area contributed by atoms with Crippen LogP contribution in [-0.2, 0) is 20.2 Å². The smallest absolute Gasteiger partial charge is 0.236 e. The fraction of sp³-hybridized carbons (Fsp3) is 0.500. The SMILES string of the molecule is COc1c(CS(=O)(=O)Cl)cc(Br)cc1C(C)(C)C. The standard InChI is InChI=1S/C12H16BrClO3S/c1-12(2,3)10-6-9(13)5-8(11(10)17-4)7-18(14,15)16/h5-6H,7H2,1-4H3. The Morgan fingerprint density at radius 2 is 1.89 bits per heavy atom. The Kier molecular flexibility index (Phi) is 4.73. The van der Waals surface area contributed by atoms with Crippen LogP contribution in [0.25, 0.3) is 0 Å². The van der Waals surface area contributed by atoms with Crippen molar-refractivity contribution in [3.8, 4) is 5.75 Å². The van der Waals surface area contributed by atoms with Crippen molar-refractivity contribution >= 4 is 35.7 Å². The monoisotopic (exact) mass is 354 g/mol. The van der Waals surface area contributed by atoms with Crippen molar-refractivity contribution in [3.05, 3.63) is 27.7 Å². The van der Waals surface area contributed by atoms with Gasteiger partial charge < -0.3 is 4.74 Å². The molecular formula is C12H16BrClO3S. The minimum absolute atomic E-state index is 0.153. The maximum Gasteiger partial charge on any atom is 0.236 e. The number of benzene rings is 1. The topological polar surface area (TPSA) is 43.4 Å². The molecule has 0 N–H and O–H groups in total. The molecule has 0 aliphatic heterocycles. The molecule has 0 atom stereocenters. The molecule has 0 fully saturated rings. The van der Waals surface area contributed by atoms with E-state index in [1.807, 2.05) is 26.8 Å². The second kappa shape index (κ2) is 5.39. The van der Waals surface area contributed by atoms with Crippen LogP contribution in [0.1, 0.15) is 31.9 Å². The normalized spacial score (nSPS) is 12.6. The third-order valence-electron chi connectivity index (χ3n) is 2.47. The van der Waals surface area contributed by atoms with E-state index in [9.17, 15) is 8.42 Å². The number of hydrogen-bond donors (Lipinski definition) is 0. The van der Waals surface area contributed by atoms with Crippen LogP contribution in [-0.4, -0.2) is 15.5 Å². The van der Waals surface area contributed by atoms with Crippen molar-refractivity contribution < 1.29 is 13.2 Å². The maximum absolute atomic E-state index is 11.2. The van der Waals surface area contributed by atoms with Crippen molar-refractivity contribution in [3.63, 3.8) is 0 Å². The van der Waals surface area contributed by atoms with Crippen LogP contribution in [0.2, 0.25) is 0 Å². The predicted octanol–water partition coefficient (Wildman–Crippen LogP) is 3.82. The molecule has 0 aliphatic rings. The van der Waals surface area contributed by atoms with E-state index in [2.05, 4.69) is 15.9 Å². The van der Waals surface area contributed by atoms with Crippen molar-refractivity contribution in [2.75, 3.05) is 7.11 Å². The summed E-state index contributed by atoms with van der Waals surface area (Å²) < 4.78 is 28.6. The summed E-state index contributed by atoms with van der Waals surface area (Å²) in [5.41, 5.74) is 1.35. The molecule has 102 valence electrons. The molecule has 1 aromatic carbocycles. The highest BCUT2D eigenvalue weighted by Crippen LogP contribution is 2.37. The van der Waals surface area contributed by atoms with E-state index >= 15 is 0 Å². The van der Waals surface area contributed by atoms with Gasteiger partial charge in [0, 0.05) is 26.3 Å². The molecule has 0 aromatic heterocycles. The highest BCUT2D eigenvalue weighted by Gasteiger charge is 2.23. The fourth-order valence-electron chi connectivity index (χ4n) is 1.74. The molecule has 1 rings (SSSR count). The lowest BCUT2D eigenvalue weighted by molar-refractivity contribution is 0.393. The number of methoxy groups -OCH3 is 1. The summed E-state index contributed by atoms with van der Waals surface area (Å²) in [4.78, 5) is 0. The second-order valence-corrected chi connectivity index (χ2v) is 8.77. The number of hydrogen-bond acceptors (Lipinski definition) is 3.